The van der Waals surface area contributed by atoms with Gasteiger partial charge in [0, 0.05) is 44.8 Å². The zero-order valence-electron chi connectivity index (χ0n) is 13.4. The summed E-state index contributed by atoms with van der Waals surface area (Å²) in [5.41, 5.74) is 1.01. The van der Waals surface area contributed by atoms with Crippen molar-refractivity contribution < 1.29 is 9.84 Å². The third-order valence-electron chi connectivity index (χ3n) is 4.37. The molecule has 2 aromatic rings. The van der Waals surface area contributed by atoms with Crippen molar-refractivity contribution in [1.29, 1.82) is 0 Å². The fourth-order valence-corrected chi connectivity index (χ4v) is 2.93. The van der Waals surface area contributed by atoms with Crippen LogP contribution in [0.15, 0.2) is 18.7 Å². The first kappa shape index (κ1) is 15.3. The van der Waals surface area contributed by atoms with Crippen LogP contribution in [0.2, 0.25) is 0 Å². The highest BCUT2D eigenvalue weighted by Gasteiger charge is 2.28. The Labute approximate surface area is 139 Å². The number of aliphatic hydroxyl groups excluding tert-OH is 1. The van der Waals surface area contributed by atoms with Gasteiger partial charge in [-0.05, 0) is 6.42 Å². The first-order valence-electron chi connectivity index (χ1n) is 8.24. The summed E-state index contributed by atoms with van der Waals surface area (Å²) in [6.07, 6.45) is 4.09. The minimum Gasteiger partial charge on any atom is -0.389 e. The Morgan fingerprint density at radius 2 is 2.08 bits per heavy atom. The molecule has 0 unspecified atom stereocenters. The van der Waals surface area contributed by atoms with Crippen molar-refractivity contribution in [2.75, 3.05) is 43.1 Å². The summed E-state index contributed by atoms with van der Waals surface area (Å²) >= 11 is 0. The molecule has 128 valence electrons. The van der Waals surface area contributed by atoms with Gasteiger partial charge in [-0.3, -0.25) is 0 Å². The fraction of sp³-hybridized carbons (Fsp3) is 0.600. The molecule has 4 rings (SSSR count). The van der Waals surface area contributed by atoms with Gasteiger partial charge < -0.3 is 24.6 Å². The van der Waals surface area contributed by atoms with Gasteiger partial charge in [-0.1, -0.05) is 0 Å². The van der Waals surface area contributed by atoms with Crippen molar-refractivity contribution in [3.8, 4) is 0 Å². The van der Waals surface area contributed by atoms with E-state index in [1.165, 1.54) is 0 Å². The van der Waals surface area contributed by atoms with E-state index in [-0.39, 0.29) is 6.10 Å². The van der Waals surface area contributed by atoms with Crippen molar-refractivity contribution >= 4 is 11.8 Å². The normalized spacial score (nSPS) is 21.0. The Bertz CT molecular complexity index is 666. The predicted octanol–water partition coefficient (Wildman–Crippen LogP) is -0.135. The molecule has 0 radical (unpaired) electrons. The first-order valence-corrected chi connectivity index (χ1v) is 8.24. The fourth-order valence-electron chi connectivity index (χ4n) is 2.93. The number of hydrogen-bond acceptors (Lipinski definition) is 8. The van der Waals surface area contributed by atoms with E-state index in [0.717, 1.165) is 37.6 Å². The Morgan fingerprint density at radius 1 is 1.25 bits per heavy atom. The molecule has 0 amide bonds. The van der Waals surface area contributed by atoms with Crippen LogP contribution in [-0.2, 0) is 11.3 Å². The maximum atomic E-state index is 9.53. The molecule has 2 aromatic heterocycles. The number of nitrogens with zero attached hydrogens (tertiary/aromatic N) is 6. The molecule has 0 saturated carbocycles. The number of aliphatic hydroxyl groups is 1. The van der Waals surface area contributed by atoms with Crippen molar-refractivity contribution in [1.82, 2.24) is 24.7 Å². The molecule has 2 fully saturated rings. The van der Waals surface area contributed by atoms with E-state index in [0.29, 0.717) is 31.6 Å². The summed E-state index contributed by atoms with van der Waals surface area (Å²) < 4.78 is 7.40. The molecule has 9 nitrogen and oxygen atoms in total. The van der Waals surface area contributed by atoms with E-state index >= 15 is 0 Å². The molecule has 0 aliphatic carbocycles. The lowest BCUT2D eigenvalue weighted by molar-refractivity contribution is 0.140. The highest BCUT2D eigenvalue weighted by molar-refractivity contribution is 5.46. The lowest BCUT2D eigenvalue weighted by atomic mass is 10.0. The number of rotatable bonds is 6. The monoisotopic (exact) mass is 331 g/mol. The van der Waals surface area contributed by atoms with Crippen LogP contribution in [0.5, 0.6) is 0 Å². The van der Waals surface area contributed by atoms with Gasteiger partial charge >= 0.3 is 0 Å². The molecule has 0 bridgehead atoms. The van der Waals surface area contributed by atoms with Gasteiger partial charge in [-0.25, -0.2) is 4.98 Å². The van der Waals surface area contributed by atoms with Crippen LogP contribution in [-0.4, -0.2) is 68.8 Å². The maximum Gasteiger partial charge on any atom is 0.227 e. The van der Waals surface area contributed by atoms with Gasteiger partial charge in [0.15, 0.2) is 0 Å². The first-order chi connectivity index (χ1) is 11.8. The van der Waals surface area contributed by atoms with E-state index < -0.39 is 0 Å². The summed E-state index contributed by atoms with van der Waals surface area (Å²) in [6, 6.07) is 2.01. The van der Waals surface area contributed by atoms with Crippen LogP contribution in [0.1, 0.15) is 18.0 Å². The summed E-state index contributed by atoms with van der Waals surface area (Å²) in [7, 11) is 0. The van der Waals surface area contributed by atoms with Gasteiger partial charge in [0.1, 0.15) is 18.5 Å². The Balaban J connectivity index is 1.48. The lowest BCUT2D eigenvalue weighted by Crippen LogP contribution is -2.51. The predicted molar refractivity (Wildman–Crippen MR) is 86.9 cm³/mol. The van der Waals surface area contributed by atoms with Gasteiger partial charge in [-0.15, -0.1) is 10.2 Å². The molecule has 2 N–H and O–H groups in total. The Kier molecular flexibility index (Phi) is 4.26. The van der Waals surface area contributed by atoms with Crippen LogP contribution >= 0.6 is 0 Å². The summed E-state index contributed by atoms with van der Waals surface area (Å²) in [5.74, 6) is 1.80. The second-order valence-electron chi connectivity index (χ2n) is 6.22. The Hall–Kier alpha value is -2.26. The molecule has 4 heterocycles. The molecule has 24 heavy (non-hydrogen) atoms. The van der Waals surface area contributed by atoms with E-state index in [2.05, 4.69) is 25.5 Å². The molecular formula is C15H21N7O2. The third kappa shape index (κ3) is 3.31. The topological polar surface area (TPSA) is 101 Å². The minimum absolute atomic E-state index is 0.280. The quantitative estimate of drug-likeness (QED) is 0.754. The Morgan fingerprint density at radius 3 is 2.79 bits per heavy atom. The van der Waals surface area contributed by atoms with Crippen LogP contribution in [0.3, 0.4) is 0 Å². The number of β-amino-alcohol motifs (C(OH)–C–C–N with tert-alkyl or cyclic N) is 1. The largest absolute Gasteiger partial charge is 0.389 e. The molecule has 9 heteroatoms. The third-order valence-corrected chi connectivity index (χ3v) is 4.37. The molecule has 2 aliphatic rings. The second kappa shape index (κ2) is 6.70. The summed E-state index contributed by atoms with van der Waals surface area (Å²) in [6.45, 7) is 4.14. The number of ether oxygens (including phenoxy) is 1. The van der Waals surface area contributed by atoms with Gasteiger partial charge in [0.25, 0.3) is 0 Å². The zero-order chi connectivity index (χ0) is 16.4. The van der Waals surface area contributed by atoms with Gasteiger partial charge in [0.05, 0.1) is 18.4 Å². The van der Waals surface area contributed by atoms with Crippen LogP contribution in [0.4, 0.5) is 11.8 Å². The summed E-state index contributed by atoms with van der Waals surface area (Å²) in [4.78, 5) is 11.3. The van der Waals surface area contributed by atoms with E-state index in [9.17, 15) is 5.11 Å². The standard InChI is InChI=1S/C15H21N7O2/c23-12-6-22(7-12)15-19-13(11-1-4-24-8-11)5-14(20-15)16-2-3-21-9-17-18-10-21/h5,9-12,23H,1-4,6-8H2,(H,16,19,20)/t11-/m0/s1. The molecule has 0 spiro atoms. The number of aromatic nitrogens is 5. The van der Waals surface area contributed by atoms with E-state index in [4.69, 9.17) is 4.74 Å². The van der Waals surface area contributed by atoms with Crippen molar-refractivity contribution in [2.45, 2.75) is 25.0 Å². The zero-order valence-corrected chi connectivity index (χ0v) is 13.4. The molecule has 2 aliphatic heterocycles. The molecular weight excluding hydrogens is 310 g/mol. The number of anilines is 2. The average Bonchev–Trinajstić information content (AvgIpc) is 3.25. The van der Waals surface area contributed by atoms with E-state index in [1.54, 1.807) is 12.7 Å². The average molecular weight is 331 g/mol. The van der Waals surface area contributed by atoms with Crippen molar-refractivity contribution in [3.05, 3.63) is 24.4 Å². The maximum absolute atomic E-state index is 9.53. The molecule has 2 saturated heterocycles. The second-order valence-corrected chi connectivity index (χ2v) is 6.22. The van der Waals surface area contributed by atoms with E-state index in [1.807, 2.05) is 15.5 Å². The number of hydrogen-bond donors (Lipinski definition) is 2. The highest BCUT2D eigenvalue weighted by atomic mass is 16.5. The molecule has 0 aromatic carbocycles. The van der Waals surface area contributed by atoms with Crippen molar-refractivity contribution in [2.24, 2.45) is 0 Å². The van der Waals surface area contributed by atoms with Crippen molar-refractivity contribution in [3.63, 3.8) is 0 Å². The van der Waals surface area contributed by atoms with Crippen LogP contribution in [0, 0.1) is 0 Å². The SMILES string of the molecule is OC1CN(c2nc(NCCn3cnnc3)cc([C@H]3CCOC3)n2)C1. The van der Waals surface area contributed by atoms with Gasteiger partial charge in [0.2, 0.25) is 5.95 Å². The van der Waals surface area contributed by atoms with Crippen LogP contribution < -0.4 is 10.2 Å². The molecule has 1 atom stereocenters. The lowest BCUT2D eigenvalue weighted by Gasteiger charge is -2.36. The summed E-state index contributed by atoms with van der Waals surface area (Å²) in [5, 5.41) is 20.5. The smallest absolute Gasteiger partial charge is 0.227 e. The van der Waals surface area contributed by atoms with Crippen LogP contribution in [0.25, 0.3) is 0 Å². The number of nitrogens with one attached hydrogen (secondary N) is 1. The van der Waals surface area contributed by atoms with Gasteiger partial charge in [-0.2, -0.15) is 4.98 Å². The highest BCUT2D eigenvalue weighted by Crippen LogP contribution is 2.28. The minimum atomic E-state index is -0.280.